The van der Waals surface area contributed by atoms with Crippen molar-refractivity contribution in [3.63, 3.8) is 0 Å². The SMILES string of the molecule is CN1CCC(N(C)C(=O)[C@@H]2CC[C@H](CN)O2)CC1. The molecule has 0 aromatic carbocycles. The van der Waals surface area contributed by atoms with Gasteiger partial charge >= 0.3 is 0 Å². The van der Waals surface area contributed by atoms with Crippen molar-refractivity contribution in [2.24, 2.45) is 5.73 Å². The number of hydrogen-bond donors (Lipinski definition) is 1. The van der Waals surface area contributed by atoms with Gasteiger partial charge in [-0.2, -0.15) is 0 Å². The number of nitrogens with zero attached hydrogens (tertiary/aromatic N) is 2. The maximum absolute atomic E-state index is 12.3. The second-order valence-corrected chi connectivity index (χ2v) is 5.54. The summed E-state index contributed by atoms with van der Waals surface area (Å²) < 4.78 is 5.68. The Labute approximate surface area is 109 Å². The Kier molecular flexibility index (Phi) is 4.59. The van der Waals surface area contributed by atoms with Crippen LogP contribution in [-0.2, 0) is 9.53 Å². The number of amides is 1. The van der Waals surface area contributed by atoms with Crippen molar-refractivity contribution < 1.29 is 9.53 Å². The molecule has 2 saturated heterocycles. The zero-order chi connectivity index (χ0) is 13.1. The summed E-state index contributed by atoms with van der Waals surface area (Å²) in [6.45, 7) is 2.65. The number of carbonyl (C=O) groups excluding carboxylic acids is 1. The Morgan fingerprint density at radius 3 is 2.56 bits per heavy atom. The van der Waals surface area contributed by atoms with E-state index in [1.807, 2.05) is 11.9 Å². The zero-order valence-corrected chi connectivity index (χ0v) is 11.5. The van der Waals surface area contributed by atoms with Crippen LogP contribution in [0.15, 0.2) is 0 Å². The number of likely N-dealkylation sites (tertiary alicyclic amines) is 1. The molecule has 2 N–H and O–H groups in total. The fraction of sp³-hybridized carbons (Fsp3) is 0.923. The Hall–Kier alpha value is -0.650. The molecule has 2 atom stereocenters. The summed E-state index contributed by atoms with van der Waals surface area (Å²) in [5.41, 5.74) is 5.57. The van der Waals surface area contributed by atoms with Crippen LogP contribution in [0.4, 0.5) is 0 Å². The van der Waals surface area contributed by atoms with Crippen LogP contribution in [-0.4, -0.2) is 67.7 Å². The molecule has 0 saturated carbocycles. The minimum atomic E-state index is -0.261. The third-order valence-corrected chi connectivity index (χ3v) is 4.23. The molecule has 1 amide bonds. The molecule has 2 heterocycles. The molecule has 2 fully saturated rings. The molecule has 18 heavy (non-hydrogen) atoms. The second-order valence-electron chi connectivity index (χ2n) is 5.54. The normalized spacial score (nSPS) is 30.6. The van der Waals surface area contributed by atoms with Gasteiger partial charge in [-0.25, -0.2) is 0 Å². The number of likely N-dealkylation sites (N-methyl/N-ethyl adjacent to an activating group) is 1. The van der Waals surface area contributed by atoms with Crippen molar-refractivity contribution in [1.82, 2.24) is 9.80 Å². The average Bonchev–Trinajstić information content (AvgIpc) is 2.86. The molecule has 5 heteroatoms. The summed E-state index contributed by atoms with van der Waals surface area (Å²) in [4.78, 5) is 16.5. The van der Waals surface area contributed by atoms with Gasteiger partial charge in [-0.15, -0.1) is 0 Å². The lowest BCUT2D eigenvalue weighted by Crippen LogP contribution is -2.47. The van der Waals surface area contributed by atoms with Gasteiger partial charge in [0.05, 0.1) is 6.10 Å². The first-order valence-corrected chi connectivity index (χ1v) is 6.92. The Bertz CT molecular complexity index is 290. The Morgan fingerprint density at radius 2 is 2.00 bits per heavy atom. The van der Waals surface area contributed by atoms with E-state index in [9.17, 15) is 4.79 Å². The molecule has 0 unspecified atom stereocenters. The van der Waals surface area contributed by atoms with E-state index in [-0.39, 0.29) is 18.1 Å². The van der Waals surface area contributed by atoms with E-state index < -0.39 is 0 Å². The van der Waals surface area contributed by atoms with Crippen LogP contribution < -0.4 is 5.73 Å². The highest BCUT2D eigenvalue weighted by atomic mass is 16.5. The monoisotopic (exact) mass is 255 g/mol. The van der Waals surface area contributed by atoms with E-state index >= 15 is 0 Å². The summed E-state index contributed by atoms with van der Waals surface area (Å²) in [7, 11) is 4.04. The van der Waals surface area contributed by atoms with Crippen molar-refractivity contribution in [3.8, 4) is 0 Å². The molecule has 104 valence electrons. The van der Waals surface area contributed by atoms with Gasteiger partial charge in [-0.1, -0.05) is 0 Å². The van der Waals surface area contributed by atoms with Crippen molar-refractivity contribution >= 4 is 5.91 Å². The van der Waals surface area contributed by atoms with Gasteiger partial charge in [0.2, 0.25) is 0 Å². The van der Waals surface area contributed by atoms with Gasteiger partial charge in [0.15, 0.2) is 0 Å². The third kappa shape index (κ3) is 3.02. The number of ether oxygens (including phenoxy) is 1. The molecule has 0 bridgehead atoms. The third-order valence-electron chi connectivity index (χ3n) is 4.23. The molecule has 0 aromatic heterocycles. The largest absolute Gasteiger partial charge is 0.364 e. The van der Waals surface area contributed by atoms with Crippen molar-refractivity contribution in [2.75, 3.05) is 33.7 Å². The van der Waals surface area contributed by atoms with E-state index in [2.05, 4.69) is 11.9 Å². The van der Waals surface area contributed by atoms with E-state index in [0.717, 1.165) is 38.8 Å². The van der Waals surface area contributed by atoms with Gasteiger partial charge in [-0.3, -0.25) is 4.79 Å². The fourth-order valence-corrected chi connectivity index (χ4v) is 2.85. The van der Waals surface area contributed by atoms with Crippen molar-refractivity contribution in [3.05, 3.63) is 0 Å². The first-order chi connectivity index (χ1) is 8.61. The molecular formula is C13H25N3O2. The average molecular weight is 255 g/mol. The number of carbonyl (C=O) groups is 1. The van der Waals surface area contributed by atoms with Crippen LogP contribution in [0.25, 0.3) is 0 Å². The van der Waals surface area contributed by atoms with Gasteiger partial charge in [0, 0.05) is 19.6 Å². The van der Waals surface area contributed by atoms with Gasteiger partial charge in [-0.05, 0) is 45.8 Å². The minimum Gasteiger partial charge on any atom is -0.364 e. The fourth-order valence-electron chi connectivity index (χ4n) is 2.85. The first kappa shape index (κ1) is 13.8. The molecule has 2 aliphatic rings. The molecule has 2 aliphatic heterocycles. The zero-order valence-electron chi connectivity index (χ0n) is 11.5. The standard InChI is InChI=1S/C13H25N3O2/c1-15-7-5-10(6-8-15)16(2)13(17)12-4-3-11(9-14)18-12/h10-12H,3-9,14H2,1-2H3/t11-,12+/m1/s1. The maximum atomic E-state index is 12.3. The Balaban J connectivity index is 1.85. The summed E-state index contributed by atoms with van der Waals surface area (Å²) >= 11 is 0. The maximum Gasteiger partial charge on any atom is 0.251 e. The highest BCUT2D eigenvalue weighted by Crippen LogP contribution is 2.23. The molecule has 5 nitrogen and oxygen atoms in total. The summed E-state index contributed by atoms with van der Waals surface area (Å²) in [5, 5.41) is 0. The quantitative estimate of drug-likeness (QED) is 0.774. The number of rotatable bonds is 3. The number of nitrogens with two attached hydrogens (primary N) is 1. The van der Waals surface area contributed by atoms with Crippen LogP contribution in [0.3, 0.4) is 0 Å². The lowest BCUT2D eigenvalue weighted by molar-refractivity contribution is -0.144. The minimum absolute atomic E-state index is 0.0739. The molecule has 2 rings (SSSR count). The second kappa shape index (κ2) is 5.99. The van der Waals surface area contributed by atoms with Crippen LogP contribution in [0.1, 0.15) is 25.7 Å². The highest BCUT2D eigenvalue weighted by Gasteiger charge is 2.34. The molecule has 0 radical (unpaired) electrons. The molecule has 0 aromatic rings. The molecular weight excluding hydrogens is 230 g/mol. The van der Waals surface area contributed by atoms with Gasteiger partial charge < -0.3 is 20.3 Å². The van der Waals surface area contributed by atoms with Crippen LogP contribution in [0, 0.1) is 0 Å². The van der Waals surface area contributed by atoms with E-state index in [0.29, 0.717) is 12.6 Å². The number of piperidine rings is 1. The molecule has 0 spiro atoms. The van der Waals surface area contributed by atoms with Crippen LogP contribution in [0.2, 0.25) is 0 Å². The molecule has 0 aliphatic carbocycles. The lowest BCUT2D eigenvalue weighted by Gasteiger charge is -2.36. The lowest BCUT2D eigenvalue weighted by atomic mass is 10.0. The van der Waals surface area contributed by atoms with Crippen LogP contribution >= 0.6 is 0 Å². The van der Waals surface area contributed by atoms with E-state index in [4.69, 9.17) is 10.5 Å². The summed E-state index contributed by atoms with van der Waals surface area (Å²) in [5.74, 6) is 0.139. The van der Waals surface area contributed by atoms with Crippen molar-refractivity contribution in [1.29, 1.82) is 0 Å². The summed E-state index contributed by atoms with van der Waals surface area (Å²) in [6.07, 6.45) is 3.66. The van der Waals surface area contributed by atoms with Crippen LogP contribution in [0.5, 0.6) is 0 Å². The first-order valence-electron chi connectivity index (χ1n) is 6.92. The predicted molar refractivity (Wildman–Crippen MR) is 70.2 cm³/mol. The Morgan fingerprint density at radius 1 is 1.33 bits per heavy atom. The van der Waals surface area contributed by atoms with Crippen molar-refractivity contribution in [2.45, 2.75) is 43.9 Å². The van der Waals surface area contributed by atoms with Gasteiger partial charge in [0.25, 0.3) is 5.91 Å². The van der Waals surface area contributed by atoms with E-state index in [1.165, 1.54) is 0 Å². The van der Waals surface area contributed by atoms with Gasteiger partial charge in [0.1, 0.15) is 6.10 Å². The predicted octanol–water partition coefficient (Wildman–Crippen LogP) is 0.0453. The van der Waals surface area contributed by atoms with E-state index in [1.54, 1.807) is 0 Å². The summed E-state index contributed by atoms with van der Waals surface area (Å²) in [6, 6.07) is 0.370. The highest BCUT2D eigenvalue weighted by molar-refractivity contribution is 5.81. The smallest absolute Gasteiger partial charge is 0.251 e. The number of hydrogen-bond acceptors (Lipinski definition) is 4. The topological polar surface area (TPSA) is 58.8 Å².